The molecular formula is C4H6N3O2S. The number of nitrogens with zero attached hydrogens (tertiary/aromatic N) is 1. The van der Waals surface area contributed by atoms with E-state index < -0.39 is 10.0 Å². The molecule has 5 nitrogen and oxygen atoms in total. The first-order valence-corrected chi connectivity index (χ1v) is 4.00. The number of H-pyrrole nitrogens is 1. The number of hydrogen-bond acceptors (Lipinski definition) is 3. The molecule has 0 aliphatic rings. The summed E-state index contributed by atoms with van der Waals surface area (Å²) >= 11 is 0. The largest absolute Gasteiger partial charge is 0.348 e. The second kappa shape index (κ2) is 2.06. The van der Waals surface area contributed by atoms with Crippen LogP contribution in [0, 0.1) is 6.92 Å². The summed E-state index contributed by atoms with van der Waals surface area (Å²) < 4.78 is 20.9. The molecule has 0 bridgehead atoms. The fourth-order valence-corrected chi connectivity index (χ4v) is 1.00. The van der Waals surface area contributed by atoms with Gasteiger partial charge >= 0.3 is 0 Å². The number of sulfonamides is 1. The molecule has 1 rings (SSSR count). The third-order valence-corrected chi connectivity index (χ3v) is 1.72. The summed E-state index contributed by atoms with van der Waals surface area (Å²) in [5.41, 5.74) is 0. The van der Waals surface area contributed by atoms with E-state index in [2.05, 4.69) is 9.97 Å². The SMILES string of the molecule is Cc1nc(S([NH])(=O)=O)c[nH]1. The quantitative estimate of drug-likeness (QED) is 0.611. The van der Waals surface area contributed by atoms with E-state index in [1.807, 2.05) is 0 Å². The van der Waals surface area contributed by atoms with Crippen LogP contribution in [0.25, 0.3) is 0 Å². The maximum Gasteiger partial charge on any atom is 0.273 e. The molecule has 1 aromatic rings. The van der Waals surface area contributed by atoms with Gasteiger partial charge in [-0.1, -0.05) is 0 Å². The highest BCUT2D eigenvalue weighted by Gasteiger charge is 2.10. The van der Waals surface area contributed by atoms with E-state index in [0.717, 1.165) is 0 Å². The van der Waals surface area contributed by atoms with Gasteiger partial charge in [0.2, 0.25) is 0 Å². The Labute approximate surface area is 58.3 Å². The van der Waals surface area contributed by atoms with Crippen molar-refractivity contribution < 1.29 is 8.42 Å². The molecule has 0 aliphatic heterocycles. The van der Waals surface area contributed by atoms with Crippen molar-refractivity contribution in [3.05, 3.63) is 12.0 Å². The number of aromatic amines is 1. The number of imidazole rings is 1. The van der Waals surface area contributed by atoms with E-state index >= 15 is 0 Å². The standard InChI is InChI=1S/C4H6N3O2S/c1-3-6-2-4(7-3)10(5,8)9/h2,5H,1H3,(H,6,7). The summed E-state index contributed by atoms with van der Waals surface area (Å²) in [6.45, 7) is 1.62. The van der Waals surface area contributed by atoms with Gasteiger partial charge in [0, 0.05) is 6.20 Å². The fraction of sp³-hybridized carbons (Fsp3) is 0.250. The first-order valence-electron chi connectivity index (χ1n) is 2.52. The third kappa shape index (κ3) is 1.34. The zero-order valence-electron chi connectivity index (χ0n) is 5.25. The van der Waals surface area contributed by atoms with Gasteiger partial charge in [-0.15, -0.1) is 5.14 Å². The first-order chi connectivity index (χ1) is 4.50. The van der Waals surface area contributed by atoms with Crippen LogP contribution in [0.3, 0.4) is 0 Å². The lowest BCUT2D eigenvalue weighted by Crippen LogP contribution is -2.00. The third-order valence-electron chi connectivity index (χ3n) is 0.958. The van der Waals surface area contributed by atoms with Crippen LogP contribution in [0.4, 0.5) is 0 Å². The van der Waals surface area contributed by atoms with Crippen LogP contribution in [0.5, 0.6) is 0 Å². The summed E-state index contributed by atoms with van der Waals surface area (Å²) in [6, 6.07) is 0. The first kappa shape index (κ1) is 7.23. The van der Waals surface area contributed by atoms with E-state index in [9.17, 15) is 8.42 Å². The number of rotatable bonds is 1. The van der Waals surface area contributed by atoms with Crippen molar-refractivity contribution in [1.29, 1.82) is 0 Å². The van der Waals surface area contributed by atoms with Crippen molar-refractivity contribution in [2.45, 2.75) is 11.9 Å². The van der Waals surface area contributed by atoms with Gasteiger partial charge in [0.1, 0.15) is 5.82 Å². The molecule has 0 unspecified atom stereocenters. The molecule has 0 atom stereocenters. The highest BCUT2D eigenvalue weighted by Crippen LogP contribution is 2.01. The van der Waals surface area contributed by atoms with Crippen molar-refractivity contribution in [1.82, 2.24) is 15.1 Å². The minimum Gasteiger partial charge on any atom is -0.348 e. The number of aryl methyl sites for hydroxylation is 1. The predicted octanol–water partition coefficient (Wildman–Crippen LogP) is -0.310. The van der Waals surface area contributed by atoms with Crippen LogP contribution < -0.4 is 5.14 Å². The molecule has 0 aromatic carbocycles. The van der Waals surface area contributed by atoms with Crippen molar-refractivity contribution in [2.24, 2.45) is 0 Å². The highest BCUT2D eigenvalue weighted by molar-refractivity contribution is 7.88. The van der Waals surface area contributed by atoms with Crippen LogP contribution in [-0.2, 0) is 10.0 Å². The van der Waals surface area contributed by atoms with Crippen molar-refractivity contribution >= 4 is 10.0 Å². The molecule has 0 saturated heterocycles. The Kier molecular flexibility index (Phi) is 1.49. The summed E-state index contributed by atoms with van der Waals surface area (Å²) in [5.74, 6) is 0.492. The number of hydrogen-bond donors (Lipinski definition) is 1. The van der Waals surface area contributed by atoms with E-state index in [1.165, 1.54) is 6.20 Å². The Morgan fingerprint density at radius 2 is 2.30 bits per heavy atom. The molecular weight excluding hydrogens is 154 g/mol. The molecule has 10 heavy (non-hydrogen) atoms. The van der Waals surface area contributed by atoms with Gasteiger partial charge < -0.3 is 4.98 Å². The molecule has 0 fully saturated rings. The monoisotopic (exact) mass is 160 g/mol. The van der Waals surface area contributed by atoms with E-state index in [0.29, 0.717) is 5.82 Å². The average Bonchev–Trinajstić information content (AvgIpc) is 2.11. The van der Waals surface area contributed by atoms with Gasteiger partial charge in [-0.25, -0.2) is 13.4 Å². The van der Waals surface area contributed by atoms with Gasteiger partial charge in [0.05, 0.1) is 0 Å². The van der Waals surface area contributed by atoms with Gasteiger partial charge in [-0.2, -0.15) is 0 Å². The molecule has 2 N–H and O–H groups in total. The van der Waals surface area contributed by atoms with Crippen LogP contribution >= 0.6 is 0 Å². The molecule has 0 saturated carbocycles. The fourth-order valence-electron chi connectivity index (χ4n) is 0.534. The summed E-state index contributed by atoms with van der Waals surface area (Å²) in [6.07, 6.45) is 1.19. The van der Waals surface area contributed by atoms with Crippen molar-refractivity contribution in [2.75, 3.05) is 0 Å². The normalized spacial score (nSPS) is 11.8. The van der Waals surface area contributed by atoms with Crippen molar-refractivity contribution in [3.63, 3.8) is 0 Å². The predicted molar refractivity (Wildman–Crippen MR) is 33.6 cm³/mol. The number of nitrogens with one attached hydrogen (secondary N) is 2. The second-order valence-electron chi connectivity index (χ2n) is 1.83. The average molecular weight is 160 g/mol. The summed E-state index contributed by atoms with van der Waals surface area (Å²) in [5, 5.41) is 6.34. The Morgan fingerprint density at radius 3 is 2.50 bits per heavy atom. The Hall–Kier alpha value is -0.880. The number of aromatic nitrogens is 2. The van der Waals surface area contributed by atoms with E-state index in [1.54, 1.807) is 6.92 Å². The minimum absolute atomic E-state index is 0.231. The second-order valence-corrected chi connectivity index (χ2v) is 3.25. The van der Waals surface area contributed by atoms with Crippen LogP contribution in [0.1, 0.15) is 5.82 Å². The molecule has 0 aliphatic carbocycles. The van der Waals surface area contributed by atoms with Crippen molar-refractivity contribution in [3.8, 4) is 0 Å². The van der Waals surface area contributed by atoms with Gasteiger partial charge in [-0.3, -0.25) is 0 Å². The summed E-state index contributed by atoms with van der Waals surface area (Å²) in [4.78, 5) is 6.12. The van der Waals surface area contributed by atoms with Gasteiger partial charge in [0.15, 0.2) is 5.03 Å². The maximum atomic E-state index is 10.4. The zero-order valence-corrected chi connectivity index (χ0v) is 6.07. The van der Waals surface area contributed by atoms with E-state index in [4.69, 9.17) is 5.14 Å². The minimum atomic E-state index is -3.87. The molecule has 0 amide bonds. The molecule has 6 heteroatoms. The lowest BCUT2D eigenvalue weighted by molar-refractivity contribution is 0.593. The van der Waals surface area contributed by atoms with Gasteiger partial charge in [0.25, 0.3) is 10.0 Å². The smallest absolute Gasteiger partial charge is 0.273 e. The zero-order chi connectivity index (χ0) is 7.78. The highest BCUT2D eigenvalue weighted by atomic mass is 32.2. The Balaban J connectivity index is 3.21. The molecule has 0 spiro atoms. The maximum absolute atomic E-state index is 10.4. The molecule has 1 radical (unpaired) electrons. The topological polar surface area (TPSA) is 86.6 Å². The molecule has 55 valence electrons. The molecule has 1 aromatic heterocycles. The van der Waals surface area contributed by atoms with E-state index in [-0.39, 0.29) is 5.03 Å². The lowest BCUT2D eigenvalue weighted by atomic mass is 10.8. The van der Waals surface area contributed by atoms with Gasteiger partial charge in [-0.05, 0) is 6.92 Å². The van der Waals surface area contributed by atoms with Crippen LogP contribution in [-0.4, -0.2) is 18.4 Å². The molecule has 1 heterocycles. The Morgan fingerprint density at radius 1 is 1.70 bits per heavy atom. The Bertz CT molecular complexity index is 326. The lowest BCUT2D eigenvalue weighted by Gasteiger charge is -1.84. The summed E-state index contributed by atoms with van der Waals surface area (Å²) in [7, 11) is -3.87. The van der Waals surface area contributed by atoms with Crippen LogP contribution in [0.2, 0.25) is 0 Å². The van der Waals surface area contributed by atoms with Crippen LogP contribution in [0.15, 0.2) is 11.2 Å².